The molecule has 0 amide bonds. The molecular formula is C6H8FN. The van der Waals surface area contributed by atoms with E-state index in [4.69, 9.17) is 0 Å². The highest BCUT2D eigenvalue weighted by Gasteiger charge is 2.08. The van der Waals surface area contributed by atoms with Crippen LogP contribution < -0.4 is 0 Å². The Morgan fingerprint density at radius 1 is 1.88 bits per heavy atom. The Morgan fingerprint density at radius 2 is 2.62 bits per heavy atom. The fourth-order valence-electron chi connectivity index (χ4n) is 0.583. The van der Waals surface area contributed by atoms with Crippen molar-refractivity contribution >= 4 is 6.21 Å². The number of halogens is 1. The van der Waals surface area contributed by atoms with Crippen molar-refractivity contribution in [3.63, 3.8) is 0 Å². The van der Waals surface area contributed by atoms with Crippen LogP contribution in [-0.2, 0) is 0 Å². The summed E-state index contributed by atoms with van der Waals surface area (Å²) in [6, 6.07) is 0. The molecule has 8 heavy (non-hydrogen) atoms. The van der Waals surface area contributed by atoms with E-state index in [9.17, 15) is 4.39 Å². The van der Waals surface area contributed by atoms with Gasteiger partial charge >= 0.3 is 0 Å². The SMILES string of the molecule is CC1CC=NC=C1F. The third-order valence-corrected chi connectivity index (χ3v) is 1.23. The van der Waals surface area contributed by atoms with E-state index in [0.717, 1.165) is 6.42 Å². The zero-order chi connectivity index (χ0) is 5.98. The fourth-order valence-corrected chi connectivity index (χ4v) is 0.583. The zero-order valence-corrected chi connectivity index (χ0v) is 4.76. The Balaban J connectivity index is 2.66. The van der Waals surface area contributed by atoms with Crippen LogP contribution in [0.2, 0.25) is 0 Å². The van der Waals surface area contributed by atoms with Crippen LogP contribution in [0.5, 0.6) is 0 Å². The molecule has 0 saturated carbocycles. The van der Waals surface area contributed by atoms with Crippen LogP contribution in [0, 0.1) is 5.92 Å². The second-order valence-corrected chi connectivity index (χ2v) is 1.98. The van der Waals surface area contributed by atoms with Crippen molar-refractivity contribution in [1.82, 2.24) is 0 Å². The van der Waals surface area contributed by atoms with Crippen LogP contribution in [0.15, 0.2) is 17.0 Å². The summed E-state index contributed by atoms with van der Waals surface area (Å²) >= 11 is 0. The average Bonchev–Trinajstić information content (AvgIpc) is 1.77. The first kappa shape index (κ1) is 5.48. The molecular weight excluding hydrogens is 105 g/mol. The summed E-state index contributed by atoms with van der Waals surface area (Å²) in [4.78, 5) is 3.65. The smallest absolute Gasteiger partial charge is 0.121 e. The quantitative estimate of drug-likeness (QED) is 0.455. The van der Waals surface area contributed by atoms with Gasteiger partial charge in [0.1, 0.15) is 5.83 Å². The largest absolute Gasteiger partial charge is 0.266 e. The fraction of sp³-hybridized carbons (Fsp3) is 0.500. The maximum atomic E-state index is 12.3. The highest BCUT2D eigenvalue weighted by molar-refractivity contribution is 5.60. The van der Waals surface area contributed by atoms with E-state index in [0.29, 0.717) is 0 Å². The maximum absolute atomic E-state index is 12.3. The molecule has 44 valence electrons. The molecule has 1 rings (SSSR count). The monoisotopic (exact) mass is 113 g/mol. The Kier molecular flexibility index (Phi) is 1.42. The van der Waals surface area contributed by atoms with Crippen LogP contribution in [0.1, 0.15) is 13.3 Å². The molecule has 0 fully saturated rings. The lowest BCUT2D eigenvalue weighted by molar-refractivity contribution is 0.497. The lowest BCUT2D eigenvalue weighted by atomic mass is 10.1. The van der Waals surface area contributed by atoms with Gasteiger partial charge in [0.15, 0.2) is 0 Å². The van der Waals surface area contributed by atoms with Crippen molar-refractivity contribution in [1.29, 1.82) is 0 Å². The first-order chi connectivity index (χ1) is 3.80. The Morgan fingerprint density at radius 3 is 3.00 bits per heavy atom. The van der Waals surface area contributed by atoms with Gasteiger partial charge in [-0.2, -0.15) is 0 Å². The number of aliphatic imine (C=N–C) groups is 1. The molecule has 1 unspecified atom stereocenters. The van der Waals surface area contributed by atoms with Gasteiger partial charge in [-0.1, -0.05) is 6.92 Å². The Labute approximate surface area is 47.9 Å². The second kappa shape index (κ2) is 2.07. The highest BCUT2D eigenvalue weighted by atomic mass is 19.1. The maximum Gasteiger partial charge on any atom is 0.121 e. The van der Waals surface area contributed by atoms with Crippen LogP contribution in [-0.4, -0.2) is 6.21 Å². The number of allylic oxidation sites excluding steroid dienone is 1. The number of nitrogens with zero attached hydrogens (tertiary/aromatic N) is 1. The predicted molar refractivity (Wildman–Crippen MR) is 31.5 cm³/mol. The number of rotatable bonds is 0. The summed E-state index contributed by atoms with van der Waals surface area (Å²) in [6.07, 6.45) is 3.74. The molecule has 0 aromatic rings. The highest BCUT2D eigenvalue weighted by Crippen LogP contribution is 2.17. The summed E-state index contributed by atoms with van der Waals surface area (Å²) in [5.41, 5.74) is 0. The minimum absolute atomic E-state index is 0.0486. The Hall–Kier alpha value is -0.660. The van der Waals surface area contributed by atoms with Crippen LogP contribution in [0.3, 0.4) is 0 Å². The lowest BCUT2D eigenvalue weighted by Gasteiger charge is -2.06. The number of hydrogen-bond acceptors (Lipinski definition) is 1. The topological polar surface area (TPSA) is 12.4 Å². The van der Waals surface area contributed by atoms with E-state index < -0.39 is 0 Å². The summed E-state index contributed by atoms with van der Waals surface area (Å²) in [5.74, 6) is -0.0556. The molecule has 0 N–H and O–H groups in total. The standard InChI is InChI=1S/C6H8FN/c1-5-2-3-8-4-6(5)7/h3-5H,2H2,1H3. The van der Waals surface area contributed by atoms with Gasteiger partial charge in [0, 0.05) is 12.1 Å². The van der Waals surface area contributed by atoms with Gasteiger partial charge < -0.3 is 0 Å². The lowest BCUT2D eigenvalue weighted by Crippen LogP contribution is -1.98. The van der Waals surface area contributed by atoms with Gasteiger partial charge in [0.2, 0.25) is 0 Å². The summed E-state index contributed by atoms with van der Waals surface area (Å²) in [7, 11) is 0. The van der Waals surface area contributed by atoms with Crippen molar-refractivity contribution in [2.45, 2.75) is 13.3 Å². The molecule has 1 aliphatic rings. The van der Waals surface area contributed by atoms with Gasteiger partial charge in [-0.3, -0.25) is 4.99 Å². The summed E-state index contributed by atoms with van der Waals surface area (Å²) < 4.78 is 12.3. The normalized spacial score (nSPS) is 27.8. The van der Waals surface area contributed by atoms with Crippen molar-refractivity contribution in [3.8, 4) is 0 Å². The molecule has 1 atom stereocenters. The molecule has 2 heteroatoms. The van der Waals surface area contributed by atoms with Gasteiger partial charge in [-0.05, 0) is 6.42 Å². The van der Waals surface area contributed by atoms with Crippen molar-refractivity contribution < 1.29 is 4.39 Å². The zero-order valence-electron chi connectivity index (χ0n) is 4.76. The van der Waals surface area contributed by atoms with E-state index in [2.05, 4.69) is 4.99 Å². The molecule has 1 heterocycles. The van der Waals surface area contributed by atoms with E-state index in [1.807, 2.05) is 6.92 Å². The third kappa shape index (κ3) is 0.941. The van der Waals surface area contributed by atoms with Crippen LogP contribution in [0.4, 0.5) is 4.39 Å². The molecule has 0 bridgehead atoms. The summed E-state index contributed by atoms with van der Waals surface area (Å²) in [6.45, 7) is 1.84. The first-order valence-corrected chi connectivity index (χ1v) is 2.68. The molecule has 0 radical (unpaired) electrons. The molecule has 0 saturated heterocycles. The van der Waals surface area contributed by atoms with Crippen LogP contribution >= 0.6 is 0 Å². The Bertz CT molecular complexity index is 137. The second-order valence-electron chi connectivity index (χ2n) is 1.98. The predicted octanol–water partition coefficient (Wildman–Crippen LogP) is 1.91. The van der Waals surface area contributed by atoms with Gasteiger partial charge in [-0.15, -0.1) is 0 Å². The van der Waals surface area contributed by atoms with Crippen molar-refractivity contribution in [3.05, 3.63) is 12.0 Å². The molecule has 0 spiro atoms. The van der Waals surface area contributed by atoms with Gasteiger partial charge in [0.25, 0.3) is 0 Å². The molecule has 0 aromatic heterocycles. The molecule has 1 aliphatic heterocycles. The van der Waals surface area contributed by atoms with Crippen molar-refractivity contribution in [2.24, 2.45) is 10.9 Å². The first-order valence-electron chi connectivity index (χ1n) is 2.68. The third-order valence-electron chi connectivity index (χ3n) is 1.23. The number of hydrogen-bond donors (Lipinski definition) is 0. The average molecular weight is 113 g/mol. The van der Waals surface area contributed by atoms with Crippen LogP contribution in [0.25, 0.3) is 0 Å². The van der Waals surface area contributed by atoms with E-state index in [1.165, 1.54) is 6.20 Å². The molecule has 0 aliphatic carbocycles. The van der Waals surface area contributed by atoms with E-state index in [-0.39, 0.29) is 11.7 Å². The van der Waals surface area contributed by atoms with Crippen molar-refractivity contribution in [2.75, 3.05) is 0 Å². The minimum atomic E-state index is -0.104. The molecule has 1 nitrogen and oxygen atoms in total. The van der Waals surface area contributed by atoms with E-state index in [1.54, 1.807) is 6.21 Å². The minimum Gasteiger partial charge on any atom is -0.266 e. The van der Waals surface area contributed by atoms with E-state index >= 15 is 0 Å². The summed E-state index contributed by atoms with van der Waals surface area (Å²) in [5, 5.41) is 0. The van der Waals surface area contributed by atoms with Gasteiger partial charge in [-0.25, -0.2) is 4.39 Å². The van der Waals surface area contributed by atoms with Gasteiger partial charge in [0.05, 0.1) is 6.20 Å². The molecule has 0 aromatic carbocycles.